The zero-order chi connectivity index (χ0) is 18.4. The van der Waals surface area contributed by atoms with Crippen LogP contribution >= 0.6 is 0 Å². The molecular formula is C20H24N4O3. The number of piperidine rings is 1. The lowest BCUT2D eigenvalue weighted by Crippen LogP contribution is -2.51. The Morgan fingerprint density at radius 1 is 1.26 bits per heavy atom. The van der Waals surface area contributed by atoms with Gasteiger partial charge in [0.1, 0.15) is 18.4 Å². The van der Waals surface area contributed by atoms with E-state index >= 15 is 0 Å². The number of benzene rings is 1. The summed E-state index contributed by atoms with van der Waals surface area (Å²) in [6, 6.07) is 8.06. The van der Waals surface area contributed by atoms with Gasteiger partial charge in [-0.1, -0.05) is 12.1 Å². The molecule has 2 atom stereocenters. The third-order valence-corrected chi connectivity index (χ3v) is 5.77. The fourth-order valence-corrected chi connectivity index (χ4v) is 4.45. The number of ether oxygens (including phenoxy) is 2. The maximum absolute atomic E-state index is 12.8. The Morgan fingerprint density at radius 3 is 2.96 bits per heavy atom. The van der Waals surface area contributed by atoms with Crippen molar-refractivity contribution in [2.75, 3.05) is 26.2 Å². The summed E-state index contributed by atoms with van der Waals surface area (Å²) in [7, 11) is 1.84. The van der Waals surface area contributed by atoms with Crippen LogP contribution in [0, 0.1) is 0 Å². The molecule has 1 aromatic carbocycles. The highest BCUT2D eigenvalue weighted by molar-refractivity contribution is 5.96. The summed E-state index contributed by atoms with van der Waals surface area (Å²) in [5.41, 5.74) is 1.79. The molecule has 1 aromatic heterocycles. The van der Waals surface area contributed by atoms with E-state index in [0.717, 1.165) is 55.2 Å². The summed E-state index contributed by atoms with van der Waals surface area (Å²) in [4.78, 5) is 17.2. The molecule has 0 saturated carbocycles. The van der Waals surface area contributed by atoms with Gasteiger partial charge in [-0.25, -0.2) is 0 Å². The first-order valence-electron chi connectivity index (χ1n) is 9.62. The van der Waals surface area contributed by atoms with Gasteiger partial charge in [0.15, 0.2) is 11.5 Å². The number of carbonyl (C=O) groups excluding carboxylic acids is 1. The van der Waals surface area contributed by atoms with Crippen LogP contribution < -0.4 is 9.47 Å². The number of nitrogens with zero attached hydrogens (tertiary/aromatic N) is 4. The Morgan fingerprint density at radius 2 is 2.11 bits per heavy atom. The molecule has 4 heterocycles. The van der Waals surface area contributed by atoms with Crippen LogP contribution in [-0.4, -0.2) is 63.9 Å². The molecule has 0 spiro atoms. The lowest BCUT2D eigenvalue weighted by atomic mass is 10.0. The van der Waals surface area contributed by atoms with Crippen molar-refractivity contribution in [1.82, 2.24) is 19.6 Å². The molecule has 3 aliphatic heterocycles. The van der Waals surface area contributed by atoms with Crippen molar-refractivity contribution in [1.29, 1.82) is 0 Å². The highest BCUT2D eigenvalue weighted by Gasteiger charge is 2.37. The van der Waals surface area contributed by atoms with Crippen LogP contribution in [0.2, 0.25) is 0 Å². The summed E-state index contributed by atoms with van der Waals surface area (Å²) in [6.45, 7) is 3.99. The molecule has 0 radical (unpaired) electrons. The number of hydrogen-bond acceptors (Lipinski definition) is 5. The molecular weight excluding hydrogens is 344 g/mol. The number of hydrogen-bond donors (Lipinski definition) is 0. The minimum atomic E-state index is 0.0225. The quantitative estimate of drug-likeness (QED) is 0.825. The largest absolute Gasteiger partial charge is 0.486 e. The zero-order valence-electron chi connectivity index (χ0n) is 15.5. The third kappa shape index (κ3) is 2.96. The topological polar surface area (TPSA) is 59.8 Å². The lowest BCUT2D eigenvalue weighted by molar-refractivity contribution is 0.0303. The molecule has 142 valence electrons. The van der Waals surface area contributed by atoms with E-state index in [1.807, 2.05) is 42.4 Å². The molecule has 1 fully saturated rings. The van der Waals surface area contributed by atoms with Crippen LogP contribution in [0.3, 0.4) is 0 Å². The van der Waals surface area contributed by atoms with Crippen LogP contribution in [0.1, 0.15) is 28.9 Å². The van der Waals surface area contributed by atoms with Crippen LogP contribution in [0.5, 0.6) is 11.5 Å². The van der Waals surface area contributed by atoms with Crippen molar-refractivity contribution < 1.29 is 14.3 Å². The third-order valence-electron chi connectivity index (χ3n) is 5.77. The molecule has 0 unspecified atom stereocenters. The van der Waals surface area contributed by atoms with Crippen molar-refractivity contribution in [2.24, 2.45) is 7.05 Å². The Bertz CT molecular complexity index is 865. The van der Waals surface area contributed by atoms with Crippen molar-refractivity contribution in [3.63, 3.8) is 0 Å². The van der Waals surface area contributed by atoms with Crippen LogP contribution in [-0.2, 0) is 13.6 Å². The number of likely N-dealkylation sites (tertiary alicyclic amines) is 1. The standard InChI is InChI=1S/C20H24N4O3/c1-22-19-14(9-21-22)10-24(20(19)25)15-5-4-8-23(11-15)12-16-13-26-17-6-2-3-7-18(17)27-16/h2-3,6-7,9,15-16H,4-5,8,10-13H2,1H3/t15-,16-/m0/s1. The monoisotopic (exact) mass is 368 g/mol. The fourth-order valence-electron chi connectivity index (χ4n) is 4.45. The summed E-state index contributed by atoms with van der Waals surface area (Å²) in [5, 5.41) is 4.21. The number of aromatic nitrogens is 2. The van der Waals surface area contributed by atoms with E-state index in [4.69, 9.17) is 9.47 Å². The van der Waals surface area contributed by atoms with Gasteiger partial charge < -0.3 is 14.4 Å². The molecule has 5 rings (SSSR count). The number of fused-ring (bicyclic) bond motifs is 2. The van der Waals surface area contributed by atoms with Crippen molar-refractivity contribution in [3.05, 3.63) is 41.7 Å². The van der Waals surface area contributed by atoms with Crippen LogP contribution in [0.4, 0.5) is 0 Å². The number of amides is 1. The Hall–Kier alpha value is -2.54. The van der Waals surface area contributed by atoms with Crippen molar-refractivity contribution in [2.45, 2.75) is 31.5 Å². The smallest absolute Gasteiger partial charge is 0.273 e. The van der Waals surface area contributed by atoms with Gasteiger partial charge in [0.2, 0.25) is 0 Å². The predicted octanol–water partition coefficient (Wildman–Crippen LogP) is 1.68. The van der Waals surface area contributed by atoms with E-state index in [2.05, 4.69) is 10.00 Å². The normalized spacial score (nSPS) is 24.9. The van der Waals surface area contributed by atoms with Gasteiger partial charge >= 0.3 is 0 Å². The van der Waals surface area contributed by atoms with Gasteiger partial charge in [-0.05, 0) is 31.5 Å². The Balaban J connectivity index is 1.23. The van der Waals surface area contributed by atoms with E-state index in [1.54, 1.807) is 4.68 Å². The highest BCUT2D eigenvalue weighted by Crippen LogP contribution is 2.32. The second-order valence-corrected chi connectivity index (χ2v) is 7.63. The summed E-state index contributed by atoms with van der Waals surface area (Å²) >= 11 is 0. The average molecular weight is 368 g/mol. The van der Waals surface area contributed by atoms with Crippen molar-refractivity contribution in [3.8, 4) is 11.5 Å². The summed E-state index contributed by atoms with van der Waals surface area (Å²) < 4.78 is 13.6. The van der Waals surface area contributed by atoms with Gasteiger partial charge in [-0.15, -0.1) is 0 Å². The van der Waals surface area contributed by atoms with Crippen LogP contribution in [0.15, 0.2) is 30.5 Å². The van der Waals surface area contributed by atoms with Crippen LogP contribution in [0.25, 0.3) is 0 Å². The first-order chi connectivity index (χ1) is 13.2. The van der Waals surface area contributed by atoms with Gasteiger partial charge in [-0.3, -0.25) is 14.4 Å². The second kappa shape index (κ2) is 6.56. The van der Waals surface area contributed by atoms with E-state index in [1.165, 1.54) is 0 Å². The molecule has 3 aliphatic rings. The highest BCUT2D eigenvalue weighted by atomic mass is 16.6. The minimum Gasteiger partial charge on any atom is -0.486 e. The number of rotatable bonds is 3. The number of carbonyl (C=O) groups is 1. The summed E-state index contributed by atoms with van der Waals surface area (Å²) in [6.07, 6.45) is 3.98. The summed E-state index contributed by atoms with van der Waals surface area (Å²) in [5.74, 6) is 1.75. The average Bonchev–Trinajstić information content (AvgIpc) is 3.22. The SMILES string of the molecule is Cn1ncc2c1C(=O)N([C@H]1CCCN(C[C@H]3COc4ccccc4O3)C1)C2. The number of aryl methyl sites for hydroxylation is 1. The lowest BCUT2D eigenvalue weighted by Gasteiger charge is -2.39. The van der Waals surface area contributed by atoms with Gasteiger partial charge in [-0.2, -0.15) is 5.10 Å². The minimum absolute atomic E-state index is 0.0225. The predicted molar refractivity (Wildman–Crippen MR) is 98.9 cm³/mol. The molecule has 7 nitrogen and oxygen atoms in total. The molecule has 1 amide bonds. The molecule has 7 heteroatoms. The van der Waals surface area contributed by atoms with Gasteiger partial charge in [0.05, 0.1) is 12.7 Å². The van der Waals surface area contributed by atoms with E-state index < -0.39 is 0 Å². The fraction of sp³-hybridized carbons (Fsp3) is 0.500. The first kappa shape index (κ1) is 16.6. The van der Waals surface area contributed by atoms with E-state index in [-0.39, 0.29) is 18.1 Å². The molecule has 27 heavy (non-hydrogen) atoms. The van der Waals surface area contributed by atoms with Gasteiger partial charge in [0, 0.05) is 31.7 Å². The second-order valence-electron chi connectivity index (χ2n) is 7.63. The maximum Gasteiger partial charge on any atom is 0.273 e. The zero-order valence-corrected chi connectivity index (χ0v) is 15.5. The first-order valence-corrected chi connectivity index (χ1v) is 9.62. The molecule has 1 saturated heterocycles. The molecule has 0 bridgehead atoms. The van der Waals surface area contributed by atoms with E-state index in [9.17, 15) is 4.79 Å². The van der Waals surface area contributed by atoms with Gasteiger partial charge in [0.25, 0.3) is 5.91 Å². The Labute approximate surface area is 158 Å². The van der Waals surface area contributed by atoms with Crippen molar-refractivity contribution >= 4 is 5.91 Å². The maximum atomic E-state index is 12.8. The molecule has 0 N–H and O–H groups in total. The molecule has 2 aromatic rings. The van der Waals surface area contributed by atoms with E-state index in [0.29, 0.717) is 13.2 Å². The Kier molecular flexibility index (Phi) is 4.04. The number of para-hydroxylation sites is 2. The molecule has 0 aliphatic carbocycles.